The molecule has 0 saturated carbocycles. The van der Waals surface area contributed by atoms with E-state index in [0.717, 1.165) is 19.9 Å². The number of anilines is 1. The third kappa shape index (κ3) is 3.02. The summed E-state index contributed by atoms with van der Waals surface area (Å²) in [6, 6.07) is 7.45. The number of amides is 1. The molecule has 0 aliphatic carbocycles. The van der Waals surface area contributed by atoms with Gasteiger partial charge in [-0.3, -0.25) is 4.79 Å². The van der Waals surface area contributed by atoms with Crippen LogP contribution in [0.25, 0.3) is 0 Å². The number of ether oxygens (including phenoxy) is 1. The van der Waals surface area contributed by atoms with Crippen molar-refractivity contribution < 1.29 is 9.53 Å². The molecule has 0 fully saturated rings. The zero-order valence-electron chi connectivity index (χ0n) is 9.99. The summed E-state index contributed by atoms with van der Waals surface area (Å²) in [6.45, 7) is 1.94. The fraction of sp³-hybridized carbons (Fsp3) is 0.154. The summed E-state index contributed by atoms with van der Waals surface area (Å²) in [7, 11) is 1.63. The van der Waals surface area contributed by atoms with Crippen molar-refractivity contribution in [2.75, 3.05) is 12.4 Å². The van der Waals surface area contributed by atoms with Gasteiger partial charge in [-0.1, -0.05) is 0 Å². The number of rotatable bonds is 3. The first-order chi connectivity index (χ1) is 8.60. The van der Waals surface area contributed by atoms with Gasteiger partial charge in [0.2, 0.25) is 0 Å². The van der Waals surface area contributed by atoms with Crippen molar-refractivity contribution in [3.63, 3.8) is 0 Å². The summed E-state index contributed by atoms with van der Waals surface area (Å²) in [5.74, 6) is 0.706. The van der Waals surface area contributed by atoms with Crippen molar-refractivity contribution in [3.8, 4) is 5.75 Å². The molecule has 0 unspecified atom stereocenters. The van der Waals surface area contributed by atoms with Crippen LogP contribution in [0, 0.1) is 9.81 Å². The van der Waals surface area contributed by atoms with Crippen LogP contribution >= 0.6 is 33.9 Å². The Labute approximate surface area is 123 Å². The highest BCUT2D eigenvalue weighted by Crippen LogP contribution is 2.23. The van der Waals surface area contributed by atoms with Gasteiger partial charge in [0.15, 0.2) is 0 Å². The molecule has 2 rings (SSSR count). The summed E-state index contributed by atoms with van der Waals surface area (Å²) in [5.41, 5.74) is 2.48. The Morgan fingerprint density at radius 3 is 2.72 bits per heavy atom. The topological polar surface area (TPSA) is 38.3 Å². The molecule has 1 amide bonds. The van der Waals surface area contributed by atoms with Crippen molar-refractivity contribution >= 4 is 45.5 Å². The Kier molecular flexibility index (Phi) is 4.23. The van der Waals surface area contributed by atoms with Crippen LogP contribution in [0.4, 0.5) is 5.69 Å². The van der Waals surface area contributed by atoms with E-state index in [4.69, 9.17) is 4.74 Å². The van der Waals surface area contributed by atoms with E-state index in [0.29, 0.717) is 5.56 Å². The second kappa shape index (κ2) is 5.71. The summed E-state index contributed by atoms with van der Waals surface area (Å²) in [4.78, 5) is 12.0. The number of carbonyl (C=O) groups excluding carboxylic acids is 1. The molecule has 0 radical (unpaired) electrons. The lowest BCUT2D eigenvalue weighted by Gasteiger charge is -2.09. The third-order valence-electron chi connectivity index (χ3n) is 2.51. The Balaban J connectivity index is 2.16. The molecular formula is C13H12INO2S. The van der Waals surface area contributed by atoms with Gasteiger partial charge in [-0.05, 0) is 59.3 Å². The summed E-state index contributed by atoms with van der Waals surface area (Å²) in [6.07, 6.45) is 0. The van der Waals surface area contributed by atoms with E-state index in [1.807, 2.05) is 36.6 Å². The number of hydrogen-bond acceptors (Lipinski definition) is 3. The number of aryl methyl sites for hydroxylation is 1. The number of carbonyl (C=O) groups is 1. The lowest BCUT2D eigenvalue weighted by molar-refractivity contribution is 0.102. The number of hydrogen-bond donors (Lipinski definition) is 1. The van der Waals surface area contributed by atoms with Crippen LogP contribution in [0.1, 0.15) is 15.9 Å². The van der Waals surface area contributed by atoms with Gasteiger partial charge < -0.3 is 10.1 Å². The second-order valence-electron chi connectivity index (χ2n) is 3.77. The summed E-state index contributed by atoms with van der Waals surface area (Å²) < 4.78 is 6.23. The highest BCUT2D eigenvalue weighted by atomic mass is 127. The van der Waals surface area contributed by atoms with Gasteiger partial charge in [0.25, 0.3) is 5.91 Å². The number of nitrogens with one attached hydrogen (secondary N) is 1. The number of halogens is 1. The van der Waals surface area contributed by atoms with Crippen molar-refractivity contribution in [2.45, 2.75) is 6.92 Å². The molecule has 0 aliphatic rings. The Hall–Kier alpha value is -1.08. The quantitative estimate of drug-likeness (QED) is 0.829. The lowest BCUT2D eigenvalue weighted by atomic mass is 10.2. The van der Waals surface area contributed by atoms with Gasteiger partial charge in [0.05, 0.1) is 15.6 Å². The van der Waals surface area contributed by atoms with Crippen LogP contribution in [0.3, 0.4) is 0 Å². The molecule has 0 bridgehead atoms. The fourth-order valence-electron chi connectivity index (χ4n) is 1.53. The van der Waals surface area contributed by atoms with Gasteiger partial charge in [-0.2, -0.15) is 0 Å². The zero-order chi connectivity index (χ0) is 13.1. The van der Waals surface area contributed by atoms with Gasteiger partial charge in [-0.25, -0.2) is 0 Å². The third-order valence-corrected chi connectivity index (χ3v) is 4.30. The average molecular weight is 373 g/mol. The maximum Gasteiger partial charge on any atom is 0.256 e. The summed E-state index contributed by atoms with van der Waals surface area (Å²) >= 11 is 3.76. The minimum Gasteiger partial charge on any atom is -0.497 e. The molecule has 1 aromatic heterocycles. The predicted molar refractivity (Wildman–Crippen MR) is 82.7 cm³/mol. The second-order valence-corrected chi connectivity index (χ2v) is 6.58. The number of methoxy groups -OCH3 is 1. The zero-order valence-corrected chi connectivity index (χ0v) is 13.0. The Bertz CT molecular complexity index is 580. The maximum absolute atomic E-state index is 12.0. The van der Waals surface area contributed by atoms with E-state index in [-0.39, 0.29) is 5.91 Å². The van der Waals surface area contributed by atoms with E-state index in [1.165, 1.54) is 0 Å². The highest BCUT2D eigenvalue weighted by Gasteiger charge is 2.09. The van der Waals surface area contributed by atoms with E-state index < -0.39 is 0 Å². The van der Waals surface area contributed by atoms with Crippen LogP contribution in [0.5, 0.6) is 5.75 Å². The van der Waals surface area contributed by atoms with Gasteiger partial charge >= 0.3 is 0 Å². The maximum atomic E-state index is 12.0. The van der Waals surface area contributed by atoms with Crippen molar-refractivity contribution in [1.29, 1.82) is 0 Å². The van der Waals surface area contributed by atoms with E-state index in [2.05, 4.69) is 27.9 Å². The monoisotopic (exact) mass is 373 g/mol. The van der Waals surface area contributed by atoms with Crippen LogP contribution in [0.15, 0.2) is 29.6 Å². The van der Waals surface area contributed by atoms with Crippen molar-refractivity contribution in [2.24, 2.45) is 0 Å². The molecule has 0 spiro atoms. The predicted octanol–water partition coefficient (Wildman–Crippen LogP) is 3.92. The smallest absolute Gasteiger partial charge is 0.256 e. The van der Waals surface area contributed by atoms with E-state index in [1.54, 1.807) is 18.4 Å². The SMILES string of the molecule is COc1ccc(NC(=O)c2csc(I)c2)c(C)c1. The molecule has 0 aliphatic heterocycles. The Morgan fingerprint density at radius 2 is 2.17 bits per heavy atom. The minimum atomic E-state index is -0.0811. The first-order valence-electron chi connectivity index (χ1n) is 5.30. The fourth-order valence-corrected chi connectivity index (χ4v) is 2.85. The first kappa shape index (κ1) is 13.4. The summed E-state index contributed by atoms with van der Waals surface area (Å²) in [5, 5.41) is 4.76. The van der Waals surface area contributed by atoms with Crippen LogP contribution in [0.2, 0.25) is 0 Å². The normalized spacial score (nSPS) is 10.2. The molecule has 0 saturated heterocycles. The molecule has 1 N–H and O–H groups in total. The Morgan fingerprint density at radius 1 is 1.39 bits per heavy atom. The van der Waals surface area contributed by atoms with Gasteiger partial charge in [0.1, 0.15) is 5.75 Å². The first-order valence-corrected chi connectivity index (χ1v) is 7.26. The highest BCUT2D eigenvalue weighted by molar-refractivity contribution is 14.1. The molecule has 1 aromatic carbocycles. The molecule has 5 heteroatoms. The molecule has 18 heavy (non-hydrogen) atoms. The molecule has 94 valence electrons. The molecule has 3 nitrogen and oxygen atoms in total. The van der Waals surface area contributed by atoms with Crippen LogP contribution in [-0.4, -0.2) is 13.0 Å². The molecular weight excluding hydrogens is 361 g/mol. The average Bonchev–Trinajstić information content (AvgIpc) is 2.78. The lowest BCUT2D eigenvalue weighted by Crippen LogP contribution is -2.11. The van der Waals surface area contributed by atoms with Crippen LogP contribution < -0.4 is 10.1 Å². The standard InChI is InChI=1S/C13H12INO2S/c1-8-5-10(17-2)3-4-11(8)15-13(16)9-6-12(14)18-7-9/h3-7H,1-2H3,(H,15,16). The molecule has 2 aromatic rings. The van der Waals surface area contributed by atoms with Gasteiger partial charge in [0, 0.05) is 11.1 Å². The number of benzene rings is 1. The van der Waals surface area contributed by atoms with Crippen molar-refractivity contribution in [3.05, 3.63) is 43.7 Å². The van der Waals surface area contributed by atoms with Crippen LogP contribution in [-0.2, 0) is 0 Å². The molecule has 1 heterocycles. The van der Waals surface area contributed by atoms with Gasteiger partial charge in [-0.15, -0.1) is 11.3 Å². The van der Waals surface area contributed by atoms with Crippen molar-refractivity contribution in [1.82, 2.24) is 0 Å². The van der Waals surface area contributed by atoms with E-state index in [9.17, 15) is 4.79 Å². The molecule has 0 atom stereocenters. The number of thiophene rings is 1. The van der Waals surface area contributed by atoms with E-state index >= 15 is 0 Å². The largest absolute Gasteiger partial charge is 0.497 e. The minimum absolute atomic E-state index is 0.0811.